The van der Waals surface area contributed by atoms with E-state index < -0.39 is 42.4 Å². The van der Waals surface area contributed by atoms with Crippen molar-refractivity contribution in [3.05, 3.63) is 30.1 Å². The van der Waals surface area contributed by atoms with Crippen molar-refractivity contribution in [1.82, 2.24) is 19.5 Å². The molecule has 3 N–H and O–H groups in total. The van der Waals surface area contributed by atoms with Gasteiger partial charge in [0, 0.05) is 38.9 Å². The lowest BCUT2D eigenvalue weighted by molar-refractivity contribution is -0.166. The molecule has 3 heterocycles. The smallest absolute Gasteiger partial charge is 0.303 e. The molecule has 1 saturated heterocycles. The number of carbonyl (C=O) groups is 3. The van der Waals surface area contributed by atoms with E-state index in [-0.39, 0.29) is 18.2 Å². The summed E-state index contributed by atoms with van der Waals surface area (Å²) in [7, 11) is 3.12. The molecule has 0 bridgehead atoms. The first kappa shape index (κ1) is 28.4. The van der Waals surface area contributed by atoms with E-state index in [1.165, 1.54) is 31.7 Å². The summed E-state index contributed by atoms with van der Waals surface area (Å²) < 4.78 is 34.3. The fourth-order valence-electron chi connectivity index (χ4n) is 4.34. The number of nitrogens with two attached hydrogens (primary N) is 1. The van der Waals surface area contributed by atoms with E-state index in [4.69, 9.17) is 34.2 Å². The highest BCUT2D eigenvalue weighted by atomic mass is 16.7. The minimum Gasteiger partial charge on any atom is -0.497 e. The number of hydrogen-bond acceptors (Lipinski definition) is 14. The van der Waals surface area contributed by atoms with Gasteiger partial charge in [-0.15, -0.1) is 0 Å². The third kappa shape index (κ3) is 6.14. The molecule has 0 spiro atoms. The second-order valence-corrected chi connectivity index (χ2v) is 8.80. The molecule has 4 atom stereocenters. The largest absolute Gasteiger partial charge is 0.497 e. The van der Waals surface area contributed by atoms with Crippen molar-refractivity contribution in [3.63, 3.8) is 0 Å². The van der Waals surface area contributed by atoms with Crippen LogP contribution in [0.25, 0.3) is 11.2 Å². The van der Waals surface area contributed by atoms with E-state index in [0.29, 0.717) is 29.4 Å². The van der Waals surface area contributed by atoms with Crippen LogP contribution in [0.1, 0.15) is 32.6 Å². The van der Waals surface area contributed by atoms with Crippen LogP contribution >= 0.6 is 0 Å². The standard InChI is InChI=1S/C25H30N6O9/c1-12(32)37-10-18-20(38-13(2)33)21(39-14(3)34)24(40-18)31-11-28-19-22(29-25(26)30-23(19)31)27-9-15-6-7-16(35-4)8-17(15)36-5/h6-8,11,18,20-21,24H,9-10H2,1-5H3,(H3,26,27,29,30)/t18-,20-,21-,24-/m1/s1. The number of ether oxygens (including phenoxy) is 6. The number of aromatic nitrogens is 4. The summed E-state index contributed by atoms with van der Waals surface area (Å²) >= 11 is 0. The van der Waals surface area contributed by atoms with Crippen LogP contribution in [0.3, 0.4) is 0 Å². The second kappa shape index (κ2) is 12.0. The zero-order valence-electron chi connectivity index (χ0n) is 22.6. The lowest BCUT2D eigenvalue weighted by atomic mass is 10.1. The quantitative estimate of drug-likeness (QED) is 0.268. The van der Waals surface area contributed by atoms with Crippen molar-refractivity contribution < 1.29 is 42.8 Å². The molecule has 15 heteroatoms. The molecule has 0 unspecified atom stereocenters. The van der Waals surface area contributed by atoms with Gasteiger partial charge in [-0.05, 0) is 12.1 Å². The van der Waals surface area contributed by atoms with Crippen molar-refractivity contribution in [2.75, 3.05) is 31.9 Å². The van der Waals surface area contributed by atoms with Gasteiger partial charge in [0.15, 0.2) is 35.4 Å². The number of rotatable bonds is 10. The Morgan fingerprint density at radius 2 is 1.75 bits per heavy atom. The fraction of sp³-hybridized carbons (Fsp3) is 0.440. The summed E-state index contributed by atoms with van der Waals surface area (Å²) in [4.78, 5) is 48.4. The first-order chi connectivity index (χ1) is 19.1. The van der Waals surface area contributed by atoms with Crippen LogP contribution in [0.15, 0.2) is 24.5 Å². The van der Waals surface area contributed by atoms with E-state index in [2.05, 4.69) is 20.3 Å². The lowest BCUT2D eigenvalue weighted by Crippen LogP contribution is -2.40. The molecule has 1 fully saturated rings. The minimum atomic E-state index is -1.12. The van der Waals surface area contributed by atoms with Crippen LogP contribution in [0.5, 0.6) is 11.5 Å². The number of anilines is 2. The van der Waals surface area contributed by atoms with E-state index in [0.717, 1.165) is 5.56 Å². The lowest BCUT2D eigenvalue weighted by Gasteiger charge is -2.23. The van der Waals surface area contributed by atoms with Crippen molar-refractivity contribution >= 4 is 40.8 Å². The van der Waals surface area contributed by atoms with Gasteiger partial charge in [0.2, 0.25) is 5.95 Å². The highest BCUT2D eigenvalue weighted by Crippen LogP contribution is 2.37. The number of carbonyl (C=O) groups excluding carboxylic acids is 3. The number of hydrogen-bond donors (Lipinski definition) is 2. The zero-order valence-corrected chi connectivity index (χ0v) is 22.6. The molecule has 3 aromatic rings. The van der Waals surface area contributed by atoms with Crippen molar-refractivity contribution in [1.29, 1.82) is 0 Å². The first-order valence-electron chi connectivity index (χ1n) is 12.2. The predicted molar refractivity (Wildman–Crippen MR) is 138 cm³/mol. The number of benzene rings is 1. The molecule has 2 aromatic heterocycles. The molecule has 1 aromatic carbocycles. The molecule has 1 aliphatic rings. The molecule has 0 radical (unpaired) electrons. The molecule has 214 valence electrons. The molecule has 0 saturated carbocycles. The SMILES string of the molecule is COc1ccc(CNc2nc(N)nc3c2ncn3[C@@H]2O[C@H](COC(C)=O)[C@@H](OC(C)=O)[C@H]2OC(C)=O)c(OC)c1. The van der Waals surface area contributed by atoms with E-state index >= 15 is 0 Å². The monoisotopic (exact) mass is 558 g/mol. The molecular formula is C25H30N6O9. The fourth-order valence-corrected chi connectivity index (χ4v) is 4.34. The Morgan fingerprint density at radius 3 is 2.40 bits per heavy atom. The Balaban J connectivity index is 1.68. The van der Waals surface area contributed by atoms with E-state index in [1.807, 2.05) is 6.07 Å². The second-order valence-electron chi connectivity index (χ2n) is 8.80. The van der Waals surface area contributed by atoms with Crippen LogP contribution in [0.2, 0.25) is 0 Å². The average molecular weight is 559 g/mol. The topological polar surface area (TPSA) is 188 Å². The molecule has 0 aliphatic carbocycles. The average Bonchev–Trinajstić information content (AvgIpc) is 3.46. The number of imidazole rings is 1. The normalized spacial score (nSPS) is 20.1. The number of nitrogen functional groups attached to an aromatic ring is 1. The van der Waals surface area contributed by atoms with E-state index in [9.17, 15) is 14.4 Å². The molecular weight excluding hydrogens is 528 g/mol. The van der Waals surface area contributed by atoms with Gasteiger partial charge in [0.05, 0.1) is 20.5 Å². The third-order valence-corrected chi connectivity index (χ3v) is 5.99. The van der Waals surface area contributed by atoms with Crippen LogP contribution in [0.4, 0.5) is 11.8 Å². The Labute approximate surface area is 228 Å². The summed E-state index contributed by atoms with van der Waals surface area (Å²) in [5.41, 5.74) is 7.46. The number of methoxy groups -OCH3 is 2. The molecule has 0 amide bonds. The van der Waals surface area contributed by atoms with Gasteiger partial charge >= 0.3 is 17.9 Å². The zero-order chi connectivity index (χ0) is 29.0. The maximum atomic E-state index is 12.0. The van der Waals surface area contributed by atoms with Gasteiger partial charge in [-0.2, -0.15) is 9.97 Å². The first-order valence-corrected chi connectivity index (χ1v) is 12.2. The van der Waals surface area contributed by atoms with Gasteiger partial charge in [-0.1, -0.05) is 0 Å². The van der Waals surface area contributed by atoms with Gasteiger partial charge in [-0.3, -0.25) is 19.0 Å². The summed E-state index contributed by atoms with van der Waals surface area (Å²) in [5, 5.41) is 3.20. The Bertz CT molecular complexity index is 1410. The number of esters is 3. The van der Waals surface area contributed by atoms with Crippen LogP contribution in [0, 0.1) is 0 Å². The molecule has 1 aliphatic heterocycles. The summed E-state index contributed by atoms with van der Waals surface area (Å²) in [5.74, 6) is -0.321. The van der Waals surface area contributed by atoms with Crippen LogP contribution < -0.4 is 20.5 Å². The molecule has 15 nitrogen and oxygen atoms in total. The maximum absolute atomic E-state index is 12.0. The van der Waals surface area contributed by atoms with Crippen molar-refractivity contribution in [3.8, 4) is 11.5 Å². The highest BCUT2D eigenvalue weighted by Gasteiger charge is 2.51. The summed E-state index contributed by atoms with van der Waals surface area (Å²) in [6.45, 7) is 3.71. The van der Waals surface area contributed by atoms with Gasteiger partial charge in [0.1, 0.15) is 24.2 Å². The molecule has 4 rings (SSSR count). The number of fused-ring (bicyclic) bond motifs is 1. The van der Waals surface area contributed by atoms with Gasteiger partial charge in [-0.25, -0.2) is 4.98 Å². The van der Waals surface area contributed by atoms with Gasteiger partial charge in [0.25, 0.3) is 0 Å². The highest BCUT2D eigenvalue weighted by molar-refractivity contribution is 5.84. The maximum Gasteiger partial charge on any atom is 0.303 e. The van der Waals surface area contributed by atoms with Crippen molar-refractivity contribution in [2.45, 2.75) is 51.9 Å². The summed E-state index contributed by atoms with van der Waals surface area (Å²) in [6, 6.07) is 5.41. The Kier molecular flexibility index (Phi) is 8.52. The number of nitrogens with one attached hydrogen (secondary N) is 1. The van der Waals surface area contributed by atoms with E-state index in [1.54, 1.807) is 26.4 Å². The Hall–Kier alpha value is -4.66. The van der Waals surface area contributed by atoms with Crippen LogP contribution in [-0.2, 0) is 39.9 Å². The minimum absolute atomic E-state index is 0.0616. The van der Waals surface area contributed by atoms with Gasteiger partial charge < -0.3 is 39.5 Å². The predicted octanol–water partition coefficient (Wildman–Crippen LogP) is 1.36. The van der Waals surface area contributed by atoms with Crippen LogP contribution in [-0.4, -0.2) is 76.6 Å². The Morgan fingerprint density at radius 1 is 1.02 bits per heavy atom. The molecule has 40 heavy (non-hydrogen) atoms. The third-order valence-electron chi connectivity index (χ3n) is 5.99. The van der Waals surface area contributed by atoms with Crippen molar-refractivity contribution in [2.24, 2.45) is 0 Å². The summed E-state index contributed by atoms with van der Waals surface area (Å²) in [6.07, 6.45) is -2.78. The number of nitrogens with zero attached hydrogens (tertiary/aromatic N) is 4.